The largest absolute Gasteiger partial charge is 0.481 e. The van der Waals surface area contributed by atoms with Crippen LogP contribution in [0.5, 0.6) is 0 Å². The van der Waals surface area contributed by atoms with Gasteiger partial charge >= 0.3 is 5.97 Å². The number of aliphatic carboxylic acids is 1. The predicted octanol–water partition coefficient (Wildman–Crippen LogP) is 4.07. The number of nitrogens with zero attached hydrogens (tertiary/aromatic N) is 2. The van der Waals surface area contributed by atoms with Crippen LogP contribution in [-0.4, -0.2) is 39.3 Å². The highest BCUT2D eigenvalue weighted by Crippen LogP contribution is 2.37. The van der Waals surface area contributed by atoms with Gasteiger partial charge in [0.25, 0.3) is 0 Å². The van der Waals surface area contributed by atoms with Gasteiger partial charge in [0.1, 0.15) is 5.92 Å². The first kappa shape index (κ1) is 20.8. The third-order valence-corrected chi connectivity index (χ3v) is 4.20. The number of carboxylic acids is 1. The summed E-state index contributed by atoms with van der Waals surface area (Å²) in [6.45, 7) is 3.98. The molecule has 2 rings (SSSR count). The Hall–Kier alpha value is -2.20. The van der Waals surface area contributed by atoms with Crippen LogP contribution in [0.25, 0.3) is 0 Å². The van der Waals surface area contributed by atoms with E-state index >= 15 is 0 Å². The van der Waals surface area contributed by atoms with E-state index in [0.717, 1.165) is 33.6 Å². The minimum absolute atomic E-state index is 0. The maximum atomic E-state index is 12.2. The van der Waals surface area contributed by atoms with Crippen LogP contribution in [0.3, 0.4) is 0 Å². The van der Waals surface area contributed by atoms with Gasteiger partial charge in [-0.1, -0.05) is 35.4 Å². The van der Waals surface area contributed by atoms with Crippen molar-refractivity contribution in [3.05, 3.63) is 58.7 Å². The van der Waals surface area contributed by atoms with Gasteiger partial charge in [-0.3, -0.25) is 4.79 Å². The molecular weight excluding hydrogens is 336 g/mol. The number of hydrogen-bond donors (Lipinski definition) is 1. The predicted molar refractivity (Wildman–Crippen MR) is 108 cm³/mol. The average Bonchev–Trinajstić information content (AvgIpc) is 2.46. The molecule has 1 N–H and O–H groups in total. The molecule has 0 unspecified atom stereocenters. The van der Waals surface area contributed by atoms with Crippen molar-refractivity contribution in [1.82, 2.24) is 0 Å². The standard InChI is InChI=1S/C20H26N2O2.ClH/c1-13-7-9-17(21(3)4)15(11-13)19(20(23)24)16-12-14(2)8-10-18(16)22(5)6;/h7-12,19H,1-6H3,(H,23,24);1H. The molecular formula is C20H27ClN2O2. The molecule has 0 aliphatic heterocycles. The summed E-state index contributed by atoms with van der Waals surface area (Å²) in [7, 11) is 7.76. The highest BCUT2D eigenvalue weighted by Gasteiger charge is 2.28. The summed E-state index contributed by atoms with van der Waals surface area (Å²) < 4.78 is 0. The zero-order valence-electron chi connectivity index (χ0n) is 15.7. The second-order valence-corrected chi connectivity index (χ2v) is 6.68. The van der Waals surface area contributed by atoms with E-state index in [0.29, 0.717) is 0 Å². The summed E-state index contributed by atoms with van der Waals surface area (Å²) in [5.41, 5.74) is 5.61. The highest BCUT2D eigenvalue weighted by molar-refractivity contribution is 5.86. The first-order chi connectivity index (χ1) is 11.2. The van der Waals surface area contributed by atoms with Gasteiger partial charge in [0.15, 0.2) is 0 Å². The Morgan fingerprint density at radius 2 is 1.20 bits per heavy atom. The molecule has 4 nitrogen and oxygen atoms in total. The molecule has 0 saturated heterocycles. The van der Waals surface area contributed by atoms with E-state index in [4.69, 9.17) is 0 Å². The molecule has 0 heterocycles. The SMILES string of the molecule is Cc1ccc(N(C)C)c(C(C(=O)O)c2cc(C)ccc2N(C)C)c1.Cl. The van der Waals surface area contributed by atoms with Crippen molar-refractivity contribution in [2.45, 2.75) is 19.8 Å². The molecule has 0 bridgehead atoms. The molecule has 0 aromatic heterocycles. The van der Waals surface area contributed by atoms with Crippen LogP contribution >= 0.6 is 12.4 Å². The zero-order valence-corrected chi connectivity index (χ0v) is 16.5. The van der Waals surface area contributed by atoms with Gasteiger partial charge in [-0.15, -0.1) is 12.4 Å². The summed E-state index contributed by atoms with van der Waals surface area (Å²) >= 11 is 0. The molecule has 5 heteroatoms. The van der Waals surface area contributed by atoms with E-state index < -0.39 is 11.9 Å². The van der Waals surface area contributed by atoms with Gasteiger partial charge in [0.2, 0.25) is 0 Å². The molecule has 0 fully saturated rings. The molecule has 2 aromatic carbocycles. The van der Waals surface area contributed by atoms with Crippen molar-refractivity contribution < 1.29 is 9.90 Å². The topological polar surface area (TPSA) is 43.8 Å². The Labute approximate surface area is 156 Å². The van der Waals surface area contributed by atoms with Crippen molar-refractivity contribution in [1.29, 1.82) is 0 Å². The number of carboxylic acid groups (broad SMARTS) is 1. The second-order valence-electron chi connectivity index (χ2n) is 6.68. The highest BCUT2D eigenvalue weighted by atomic mass is 35.5. The van der Waals surface area contributed by atoms with Crippen LogP contribution < -0.4 is 9.80 Å². The van der Waals surface area contributed by atoms with Crippen molar-refractivity contribution in [2.75, 3.05) is 38.0 Å². The normalized spacial score (nSPS) is 10.4. The summed E-state index contributed by atoms with van der Waals surface area (Å²) in [4.78, 5) is 16.2. The minimum atomic E-state index is -0.836. The number of rotatable bonds is 5. The fourth-order valence-corrected chi connectivity index (χ4v) is 3.06. The van der Waals surface area contributed by atoms with Gasteiger partial charge in [0, 0.05) is 39.6 Å². The van der Waals surface area contributed by atoms with Gasteiger partial charge in [-0.05, 0) is 37.1 Å². The number of hydrogen-bond acceptors (Lipinski definition) is 3. The van der Waals surface area contributed by atoms with E-state index in [-0.39, 0.29) is 12.4 Å². The Bertz CT molecular complexity index is 700. The molecule has 136 valence electrons. The number of halogens is 1. The number of anilines is 2. The molecule has 0 aliphatic carbocycles. The van der Waals surface area contributed by atoms with E-state index in [1.54, 1.807) is 0 Å². The maximum Gasteiger partial charge on any atom is 0.315 e. The van der Waals surface area contributed by atoms with Crippen molar-refractivity contribution in [2.24, 2.45) is 0 Å². The summed E-state index contributed by atoms with van der Waals surface area (Å²) in [6, 6.07) is 12.0. The quantitative estimate of drug-likeness (QED) is 0.870. The van der Waals surface area contributed by atoms with Crippen LogP contribution in [0.1, 0.15) is 28.2 Å². The zero-order chi connectivity index (χ0) is 18.0. The van der Waals surface area contributed by atoms with Crippen LogP contribution in [0.15, 0.2) is 36.4 Å². The monoisotopic (exact) mass is 362 g/mol. The Balaban J connectivity index is 0.00000312. The maximum absolute atomic E-state index is 12.2. The van der Waals surface area contributed by atoms with Crippen LogP contribution in [0, 0.1) is 13.8 Å². The molecule has 0 amide bonds. The fraction of sp³-hybridized carbons (Fsp3) is 0.350. The number of aryl methyl sites for hydroxylation is 2. The summed E-state index contributed by atoms with van der Waals surface area (Å²) in [5, 5.41) is 10.0. The minimum Gasteiger partial charge on any atom is -0.481 e. The second kappa shape index (κ2) is 8.26. The Kier molecular flexibility index (Phi) is 6.88. The van der Waals surface area contributed by atoms with E-state index in [1.165, 1.54) is 0 Å². The van der Waals surface area contributed by atoms with Crippen molar-refractivity contribution >= 4 is 29.8 Å². The lowest BCUT2D eigenvalue weighted by molar-refractivity contribution is -0.137. The fourth-order valence-electron chi connectivity index (χ4n) is 3.06. The molecule has 0 saturated carbocycles. The third kappa shape index (κ3) is 4.45. The van der Waals surface area contributed by atoms with Gasteiger partial charge in [-0.25, -0.2) is 0 Å². The lowest BCUT2D eigenvalue weighted by Gasteiger charge is -2.26. The molecule has 25 heavy (non-hydrogen) atoms. The summed E-state index contributed by atoms with van der Waals surface area (Å²) in [5.74, 6) is -1.54. The molecule has 0 radical (unpaired) electrons. The van der Waals surface area contributed by atoms with E-state index in [9.17, 15) is 9.90 Å². The van der Waals surface area contributed by atoms with Gasteiger partial charge in [-0.2, -0.15) is 0 Å². The molecule has 0 atom stereocenters. The van der Waals surface area contributed by atoms with E-state index in [2.05, 4.69) is 0 Å². The third-order valence-electron chi connectivity index (χ3n) is 4.20. The van der Waals surface area contributed by atoms with Crippen molar-refractivity contribution in [3.63, 3.8) is 0 Å². The van der Waals surface area contributed by atoms with Crippen LogP contribution in [-0.2, 0) is 4.79 Å². The first-order valence-electron chi connectivity index (χ1n) is 8.01. The molecule has 0 spiro atoms. The first-order valence-corrected chi connectivity index (χ1v) is 8.01. The number of carbonyl (C=O) groups is 1. The van der Waals surface area contributed by atoms with Gasteiger partial charge in [0.05, 0.1) is 0 Å². The number of benzene rings is 2. The molecule has 0 aliphatic rings. The molecule has 2 aromatic rings. The van der Waals surface area contributed by atoms with Crippen LogP contribution in [0.2, 0.25) is 0 Å². The van der Waals surface area contributed by atoms with Crippen LogP contribution in [0.4, 0.5) is 11.4 Å². The Morgan fingerprint density at radius 1 is 0.840 bits per heavy atom. The summed E-state index contributed by atoms with van der Waals surface area (Å²) in [6.07, 6.45) is 0. The lowest BCUT2D eigenvalue weighted by Crippen LogP contribution is -2.21. The smallest absolute Gasteiger partial charge is 0.315 e. The van der Waals surface area contributed by atoms with E-state index in [1.807, 2.05) is 88.2 Å². The van der Waals surface area contributed by atoms with Crippen molar-refractivity contribution in [3.8, 4) is 0 Å². The average molecular weight is 363 g/mol. The Morgan fingerprint density at radius 3 is 1.48 bits per heavy atom. The lowest BCUT2D eigenvalue weighted by atomic mass is 9.87. The van der Waals surface area contributed by atoms with Gasteiger partial charge < -0.3 is 14.9 Å².